The van der Waals surface area contributed by atoms with Gasteiger partial charge in [-0.25, -0.2) is 4.98 Å². The molecule has 2 heterocycles. The van der Waals surface area contributed by atoms with E-state index in [9.17, 15) is 4.79 Å². The van der Waals surface area contributed by atoms with Crippen molar-refractivity contribution in [2.75, 3.05) is 5.75 Å². The van der Waals surface area contributed by atoms with E-state index in [1.54, 1.807) is 40.2 Å². The summed E-state index contributed by atoms with van der Waals surface area (Å²) in [5, 5.41) is 1.57. The maximum Gasteiger partial charge on any atom is 0.272 e. The number of aryl methyl sites for hydroxylation is 1. The van der Waals surface area contributed by atoms with Crippen molar-refractivity contribution in [1.82, 2.24) is 9.55 Å². The van der Waals surface area contributed by atoms with Gasteiger partial charge in [0.2, 0.25) is 0 Å². The van der Waals surface area contributed by atoms with Crippen LogP contribution in [0.25, 0.3) is 5.69 Å². The van der Waals surface area contributed by atoms with Crippen molar-refractivity contribution in [3.8, 4) is 5.69 Å². The molecule has 0 N–H and O–H groups in total. The summed E-state index contributed by atoms with van der Waals surface area (Å²) >= 11 is 9.24. The molecular formula is C20H17ClN2OS2. The van der Waals surface area contributed by atoms with Gasteiger partial charge in [0, 0.05) is 22.4 Å². The minimum Gasteiger partial charge on any atom is -0.268 e. The monoisotopic (exact) mass is 400 g/mol. The highest BCUT2D eigenvalue weighted by Crippen LogP contribution is 2.36. The molecule has 1 unspecified atom stereocenters. The van der Waals surface area contributed by atoms with Crippen LogP contribution in [0.1, 0.15) is 23.4 Å². The molecule has 0 amide bonds. The average molecular weight is 401 g/mol. The number of aromatic nitrogens is 2. The Hall–Kier alpha value is -1.69. The predicted octanol–water partition coefficient (Wildman–Crippen LogP) is 5.39. The Morgan fingerprint density at radius 2 is 1.88 bits per heavy atom. The van der Waals surface area contributed by atoms with Gasteiger partial charge in [-0.15, -0.1) is 11.8 Å². The van der Waals surface area contributed by atoms with Crippen LogP contribution in [0.3, 0.4) is 0 Å². The smallest absolute Gasteiger partial charge is 0.268 e. The molecule has 1 aliphatic heterocycles. The van der Waals surface area contributed by atoms with E-state index in [0.717, 1.165) is 33.6 Å². The normalized spacial score (nSPS) is 14.2. The number of hydrogen-bond acceptors (Lipinski definition) is 4. The molecule has 6 heteroatoms. The molecule has 0 bridgehead atoms. The minimum absolute atomic E-state index is 0.0163. The van der Waals surface area contributed by atoms with Crippen molar-refractivity contribution in [1.29, 1.82) is 0 Å². The number of fused-ring (bicyclic) bond motifs is 1. The molecule has 0 spiro atoms. The Kier molecular flexibility index (Phi) is 5.11. The van der Waals surface area contributed by atoms with Crippen LogP contribution in [-0.4, -0.2) is 15.3 Å². The third-order valence-corrected chi connectivity index (χ3v) is 6.77. The second-order valence-electron chi connectivity index (χ2n) is 6.06. The second-order valence-corrected chi connectivity index (χ2v) is 8.91. The molecule has 0 fully saturated rings. The van der Waals surface area contributed by atoms with Crippen LogP contribution in [0.5, 0.6) is 0 Å². The fraction of sp³-hybridized carbons (Fsp3) is 0.200. The number of halogens is 1. The van der Waals surface area contributed by atoms with Gasteiger partial charge in [-0.05, 0) is 36.8 Å². The largest absolute Gasteiger partial charge is 0.272 e. The maximum atomic E-state index is 13.1. The Morgan fingerprint density at radius 3 is 2.62 bits per heavy atom. The van der Waals surface area contributed by atoms with E-state index in [1.165, 1.54) is 5.56 Å². The summed E-state index contributed by atoms with van der Waals surface area (Å²) in [5.41, 5.74) is 2.95. The number of nitrogens with zero attached hydrogens (tertiary/aromatic N) is 2. The molecule has 1 aromatic heterocycles. The fourth-order valence-corrected chi connectivity index (χ4v) is 5.16. The van der Waals surface area contributed by atoms with E-state index in [-0.39, 0.29) is 10.8 Å². The van der Waals surface area contributed by atoms with Gasteiger partial charge in [0.25, 0.3) is 5.56 Å². The van der Waals surface area contributed by atoms with E-state index in [4.69, 9.17) is 16.6 Å². The quantitative estimate of drug-likeness (QED) is 0.434. The van der Waals surface area contributed by atoms with Gasteiger partial charge >= 0.3 is 0 Å². The molecule has 0 saturated carbocycles. The van der Waals surface area contributed by atoms with Crippen LogP contribution in [0, 0.1) is 0 Å². The van der Waals surface area contributed by atoms with Crippen LogP contribution in [0.15, 0.2) is 69.4 Å². The molecule has 1 atom stereocenters. The summed E-state index contributed by atoms with van der Waals surface area (Å²) in [4.78, 5) is 18.8. The van der Waals surface area contributed by atoms with Crippen LogP contribution in [0.4, 0.5) is 0 Å². The van der Waals surface area contributed by atoms with Gasteiger partial charge < -0.3 is 0 Å². The molecule has 1 aliphatic rings. The highest BCUT2D eigenvalue weighted by molar-refractivity contribution is 7.99. The topological polar surface area (TPSA) is 34.9 Å². The number of thioether (sulfide) groups is 2. The highest BCUT2D eigenvalue weighted by Gasteiger charge is 2.23. The zero-order valence-corrected chi connectivity index (χ0v) is 16.6. The van der Waals surface area contributed by atoms with E-state index in [2.05, 4.69) is 19.1 Å². The van der Waals surface area contributed by atoms with Crippen molar-refractivity contribution in [2.45, 2.75) is 28.6 Å². The molecule has 3 nitrogen and oxygen atoms in total. The molecule has 0 aliphatic carbocycles. The van der Waals surface area contributed by atoms with Gasteiger partial charge in [0.05, 0.1) is 16.3 Å². The van der Waals surface area contributed by atoms with Crippen molar-refractivity contribution in [3.63, 3.8) is 0 Å². The third-order valence-electron chi connectivity index (χ3n) is 4.30. The Bertz CT molecular complexity index is 987. The van der Waals surface area contributed by atoms with Crippen molar-refractivity contribution >= 4 is 35.1 Å². The third kappa shape index (κ3) is 3.43. The molecule has 4 rings (SSSR count). The lowest BCUT2D eigenvalue weighted by Crippen LogP contribution is -2.24. The Balaban J connectivity index is 1.81. The summed E-state index contributed by atoms with van der Waals surface area (Å²) in [7, 11) is 0. The Labute approximate surface area is 165 Å². The summed E-state index contributed by atoms with van der Waals surface area (Å²) in [6.07, 6.45) is 0.851. The van der Waals surface area contributed by atoms with Crippen molar-refractivity contribution < 1.29 is 0 Å². The van der Waals surface area contributed by atoms with Crippen LogP contribution >= 0.6 is 35.1 Å². The first-order valence-corrected chi connectivity index (χ1v) is 10.6. The Morgan fingerprint density at radius 1 is 1.15 bits per heavy atom. The predicted molar refractivity (Wildman–Crippen MR) is 110 cm³/mol. The van der Waals surface area contributed by atoms with Gasteiger partial charge in [0.15, 0.2) is 5.16 Å². The summed E-state index contributed by atoms with van der Waals surface area (Å²) in [5.74, 6) is 0.917. The molecular weight excluding hydrogens is 384 g/mol. The van der Waals surface area contributed by atoms with E-state index in [0.29, 0.717) is 5.02 Å². The first-order valence-electron chi connectivity index (χ1n) is 8.40. The van der Waals surface area contributed by atoms with Gasteiger partial charge in [-0.3, -0.25) is 9.36 Å². The molecule has 3 aromatic rings. The van der Waals surface area contributed by atoms with Gasteiger partial charge in [-0.1, -0.05) is 53.7 Å². The van der Waals surface area contributed by atoms with E-state index >= 15 is 0 Å². The summed E-state index contributed by atoms with van der Waals surface area (Å²) in [6, 6.07) is 17.6. The van der Waals surface area contributed by atoms with Crippen LogP contribution in [-0.2, 0) is 6.42 Å². The fourth-order valence-electron chi connectivity index (χ4n) is 2.94. The number of benzene rings is 2. The van der Waals surface area contributed by atoms with Gasteiger partial charge in [-0.2, -0.15) is 0 Å². The lowest BCUT2D eigenvalue weighted by Gasteiger charge is -2.17. The second kappa shape index (κ2) is 7.51. The first-order chi connectivity index (χ1) is 12.6. The van der Waals surface area contributed by atoms with E-state index < -0.39 is 0 Å². The SMILES string of the molecule is CC(Sc1nc2c(c(=O)n1-c1ccc(Cl)cc1)SCC2)c1ccccc1. The standard InChI is InChI=1S/C20H17ClN2OS2/c1-13(14-5-3-2-4-6-14)26-20-22-17-11-12-25-18(17)19(24)23(20)16-9-7-15(21)8-10-16/h2-10,13H,11-12H2,1H3. The zero-order chi connectivity index (χ0) is 18.1. The average Bonchev–Trinajstić information content (AvgIpc) is 3.13. The number of hydrogen-bond donors (Lipinski definition) is 0. The molecule has 2 aromatic carbocycles. The van der Waals surface area contributed by atoms with Crippen molar-refractivity contribution in [2.24, 2.45) is 0 Å². The minimum atomic E-state index is 0.0163. The van der Waals surface area contributed by atoms with Crippen LogP contribution in [0.2, 0.25) is 5.02 Å². The summed E-state index contributed by atoms with van der Waals surface area (Å²) in [6.45, 7) is 2.14. The summed E-state index contributed by atoms with van der Waals surface area (Å²) < 4.78 is 1.72. The molecule has 0 saturated heterocycles. The molecule has 26 heavy (non-hydrogen) atoms. The van der Waals surface area contributed by atoms with Gasteiger partial charge in [0.1, 0.15) is 0 Å². The van der Waals surface area contributed by atoms with Crippen molar-refractivity contribution in [3.05, 3.63) is 81.2 Å². The van der Waals surface area contributed by atoms with E-state index in [1.807, 2.05) is 30.3 Å². The molecule has 132 valence electrons. The lowest BCUT2D eigenvalue weighted by atomic mass is 10.2. The van der Waals surface area contributed by atoms with Crippen LogP contribution < -0.4 is 5.56 Å². The first kappa shape index (κ1) is 17.7. The molecule has 0 radical (unpaired) electrons. The zero-order valence-electron chi connectivity index (χ0n) is 14.2. The number of rotatable bonds is 4. The lowest BCUT2D eigenvalue weighted by molar-refractivity contribution is 0.737. The maximum absolute atomic E-state index is 13.1. The highest BCUT2D eigenvalue weighted by atomic mass is 35.5.